The van der Waals surface area contributed by atoms with Crippen LogP contribution in [0.25, 0.3) is 0 Å². The third kappa shape index (κ3) is 29.0. The van der Waals surface area contributed by atoms with E-state index in [0.29, 0.717) is 0 Å². The molecule has 48 heavy (non-hydrogen) atoms. The Kier molecular flexibility index (Phi) is 35.3. The summed E-state index contributed by atoms with van der Waals surface area (Å²) in [7, 11) is 0. The Balaban J connectivity index is 2.23. The molecule has 284 valence electrons. The SMILES string of the molecule is CCCCCCCCCCCCCCCCCCCc1n(CCCCCCCCCCC)cc[n+]1CCCCCCCCCCCCC. The van der Waals surface area contributed by atoms with Crippen LogP contribution >= 0.6 is 0 Å². The maximum atomic E-state index is 2.65. The predicted molar refractivity (Wildman–Crippen MR) is 216 cm³/mol. The van der Waals surface area contributed by atoms with Crippen molar-refractivity contribution in [1.29, 1.82) is 0 Å². The van der Waals surface area contributed by atoms with E-state index in [-0.39, 0.29) is 0 Å². The second-order valence-corrected chi connectivity index (χ2v) is 15.9. The fourth-order valence-electron chi connectivity index (χ4n) is 7.74. The zero-order valence-electron chi connectivity index (χ0n) is 33.8. The third-order valence-corrected chi connectivity index (χ3v) is 11.1. The third-order valence-electron chi connectivity index (χ3n) is 11.1. The van der Waals surface area contributed by atoms with Crippen molar-refractivity contribution in [3.05, 3.63) is 18.2 Å². The van der Waals surface area contributed by atoms with Gasteiger partial charge in [0.15, 0.2) is 0 Å². The Bertz CT molecular complexity index is 736. The molecule has 0 saturated heterocycles. The summed E-state index contributed by atoms with van der Waals surface area (Å²) in [6.45, 7) is 9.41. The lowest BCUT2D eigenvalue weighted by atomic mass is 10.0. The van der Waals surface area contributed by atoms with Crippen molar-refractivity contribution in [3.63, 3.8) is 0 Å². The van der Waals surface area contributed by atoms with Gasteiger partial charge >= 0.3 is 0 Å². The smallest absolute Gasteiger partial charge is 0.234 e. The molecule has 0 bridgehead atoms. The molecule has 0 saturated carbocycles. The van der Waals surface area contributed by atoms with E-state index in [1.165, 1.54) is 257 Å². The molecule has 0 unspecified atom stereocenters. The number of aryl methyl sites for hydroxylation is 2. The lowest BCUT2D eigenvalue weighted by Crippen LogP contribution is -2.37. The summed E-state index contributed by atoms with van der Waals surface area (Å²) in [5.41, 5.74) is 0. The highest BCUT2D eigenvalue weighted by Gasteiger charge is 2.16. The standard InChI is InChI=1S/C46H91N2/c1-4-7-10-13-16-19-21-22-23-24-25-26-27-29-32-35-38-41-46-47(42-39-36-33-30-18-15-12-9-6-3)44-45-48(46)43-40-37-34-31-28-20-17-14-11-8-5-2/h44-45H,4-43H2,1-3H3/q+1. The van der Waals surface area contributed by atoms with Gasteiger partial charge < -0.3 is 0 Å². The fraction of sp³-hybridized carbons (Fsp3) is 0.935. The Hall–Kier alpha value is -0.790. The highest BCUT2D eigenvalue weighted by atomic mass is 15.1. The maximum absolute atomic E-state index is 2.65. The topological polar surface area (TPSA) is 8.81 Å². The average Bonchev–Trinajstić information content (AvgIpc) is 3.48. The molecule has 0 spiro atoms. The summed E-state index contributed by atoms with van der Waals surface area (Å²) in [6.07, 6.45) is 59.3. The molecule has 0 aliphatic carbocycles. The maximum Gasteiger partial charge on any atom is 0.256 e. The zero-order chi connectivity index (χ0) is 34.4. The van der Waals surface area contributed by atoms with Crippen molar-refractivity contribution in [1.82, 2.24) is 4.57 Å². The summed E-state index contributed by atoms with van der Waals surface area (Å²) >= 11 is 0. The second kappa shape index (κ2) is 37.5. The highest BCUT2D eigenvalue weighted by molar-refractivity contribution is 4.84. The summed E-state index contributed by atoms with van der Waals surface area (Å²) in [5, 5.41) is 0. The first-order chi connectivity index (χ1) is 23.8. The monoisotopic (exact) mass is 672 g/mol. The highest BCUT2D eigenvalue weighted by Crippen LogP contribution is 2.16. The largest absolute Gasteiger partial charge is 0.256 e. The first-order valence-corrected chi connectivity index (χ1v) is 22.9. The van der Waals surface area contributed by atoms with Gasteiger partial charge in [0.05, 0.1) is 13.1 Å². The van der Waals surface area contributed by atoms with Crippen LogP contribution in [0, 0.1) is 0 Å². The average molecular weight is 672 g/mol. The molecule has 0 fully saturated rings. The molecular weight excluding hydrogens is 581 g/mol. The van der Waals surface area contributed by atoms with Gasteiger partial charge in [0.1, 0.15) is 12.4 Å². The molecule has 1 rings (SSSR count). The molecule has 0 aromatic carbocycles. The van der Waals surface area contributed by atoms with Gasteiger partial charge in [-0.15, -0.1) is 0 Å². The van der Waals surface area contributed by atoms with Crippen LogP contribution in [-0.2, 0) is 19.5 Å². The van der Waals surface area contributed by atoms with Crippen LogP contribution in [0.3, 0.4) is 0 Å². The van der Waals surface area contributed by atoms with Gasteiger partial charge in [-0.1, -0.05) is 226 Å². The fourth-order valence-corrected chi connectivity index (χ4v) is 7.74. The first-order valence-electron chi connectivity index (χ1n) is 22.9. The number of unbranched alkanes of at least 4 members (excludes halogenated alkanes) is 34. The van der Waals surface area contributed by atoms with Crippen LogP contribution in [0.15, 0.2) is 12.4 Å². The van der Waals surface area contributed by atoms with Crippen LogP contribution in [-0.4, -0.2) is 4.57 Å². The van der Waals surface area contributed by atoms with E-state index in [9.17, 15) is 0 Å². The Morgan fingerprint density at radius 3 is 1.00 bits per heavy atom. The van der Waals surface area contributed by atoms with Crippen molar-refractivity contribution >= 4 is 0 Å². The number of aromatic nitrogens is 2. The molecule has 0 atom stereocenters. The summed E-state index contributed by atoms with van der Waals surface area (Å²) < 4.78 is 5.29. The van der Waals surface area contributed by atoms with Gasteiger partial charge in [-0.2, -0.15) is 0 Å². The van der Waals surface area contributed by atoms with E-state index in [1.807, 2.05) is 0 Å². The first kappa shape index (κ1) is 45.2. The van der Waals surface area contributed by atoms with E-state index in [1.54, 1.807) is 5.82 Å². The Labute approximate surface area is 304 Å². The number of nitrogens with zero attached hydrogens (tertiary/aromatic N) is 2. The van der Waals surface area contributed by atoms with Crippen molar-refractivity contribution in [3.8, 4) is 0 Å². The lowest BCUT2D eigenvalue weighted by molar-refractivity contribution is -0.704. The van der Waals surface area contributed by atoms with E-state index in [2.05, 4.69) is 42.3 Å². The molecule has 1 aromatic heterocycles. The molecule has 2 nitrogen and oxygen atoms in total. The molecule has 0 N–H and O–H groups in total. The van der Waals surface area contributed by atoms with Gasteiger partial charge in [-0.3, -0.25) is 0 Å². The van der Waals surface area contributed by atoms with Gasteiger partial charge in [0, 0.05) is 6.42 Å². The van der Waals surface area contributed by atoms with Crippen molar-refractivity contribution in [2.24, 2.45) is 0 Å². The molecular formula is C46H91N2+. The number of hydrogen-bond donors (Lipinski definition) is 0. The van der Waals surface area contributed by atoms with Crippen molar-refractivity contribution in [2.75, 3.05) is 0 Å². The normalized spacial score (nSPS) is 11.6. The van der Waals surface area contributed by atoms with Crippen molar-refractivity contribution < 1.29 is 4.57 Å². The van der Waals surface area contributed by atoms with E-state index in [0.717, 1.165) is 0 Å². The van der Waals surface area contributed by atoms with Crippen LogP contribution in [0.1, 0.15) is 264 Å². The van der Waals surface area contributed by atoms with Gasteiger partial charge in [-0.05, 0) is 32.1 Å². The van der Waals surface area contributed by atoms with E-state index >= 15 is 0 Å². The molecule has 1 aromatic rings. The van der Waals surface area contributed by atoms with Crippen molar-refractivity contribution in [2.45, 2.75) is 278 Å². The molecule has 0 aliphatic heterocycles. The van der Waals surface area contributed by atoms with E-state index < -0.39 is 0 Å². The molecule has 2 heteroatoms. The number of hydrogen-bond acceptors (Lipinski definition) is 0. The van der Waals surface area contributed by atoms with Gasteiger partial charge in [0.25, 0.3) is 5.82 Å². The molecule has 0 aliphatic rings. The number of rotatable bonds is 40. The predicted octanol–water partition coefficient (Wildman–Crippen LogP) is 15.8. The number of imidazole rings is 1. The van der Waals surface area contributed by atoms with Crippen LogP contribution in [0.5, 0.6) is 0 Å². The Morgan fingerprint density at radius 2 is 0.646 bits per heavy atom. The minimum atomic E-state index is 1.23. The molecule has 0 radical (unpaired) electrons. The van der Waals surface area contributed by atoms with Gasteiger partial charge in [0.2, 0.25) is 0 Å². The summed E-state index contributed by atoms with van der Waals surface area (Å²) in [4.78, 5) is 0. The van der Waals surface area contributed by atoms with Crippen LogP contribution in [0.4, 0.5) is 0 Å². The lowest BCUT2D eigenvalue weighted by Gasteiger charge is -2.07. The zero-order valence-corrected chi connectivity index (χ0v) is 33.8. The minimum absolute atomic E-state index is 1.23. The minimum Gasteiger partial charge on any atom is -0.234 e. The molecule has 0 amide bonds. The molecule has 1 heterocycles. The Morgan fingerprint density at radius 1 is 0.354 bits per heavy atom. The summed E-state index contributed by atoms with van der Waals surface area (Å²) in [6, 6.07) is 0. The van der Waals surface area contributed by atoms with Crippen LogP contribution < -0.4 is 4.57 Å². The van der Waals surface area contributed by atoms with E-state index in [4.69, 9.17) is 0 Å². The second-order valence-electron chi connectivity index (χ2n) is 15.9. The van der Waals surface area contributed by atoms with Gasteiger partial charge in [-0.25, -0.2) is 9.13 Å². The summed E-state index contributed by atoms with van der Waals surface area (Å²) in [5.74, 6) is 1.63. The quantitative estimate of drug-likeness (QED) is 0.0485. The van der Waals surface area contributed by atoms with Crippen LogP contribution in [0.2, 0.25) is 0 Å².